The predicted molar refractivity (Wildman–Crippen MR) is 109 cm³/mol. The van der Waals surface area contributed by atoms with Crippen molar-refractivity contribution in [3.63, 3.8) is 0 Å². The van der Waals surface area contributed by atoms with Crippen molar-refractivity contribution in [2.24, 2.45) is 0 Å². The maximum Gasteiger partial charge on any atom is 0.344 e. The van der Waals surface area contributed by atoms with Gasteiger partial charge in [-0.05, 0) is 19.4 Å². The second-order valence-electron chi connectivity index (χ2n) is 8.07. The second kappa shape index (κ2) is 10.5. The summed E-state index contributed by atoms with van der Waals surface area (Å²) in [7, 11) is 4.07. The van der Waals surface area contributed by atoms with Crippen LogP contribution in [0.4, 0.5) is 0 Å². The normalized spacial score (nSPS) is 32.7. The molecule has 10 heteroatoms. The van der Waals surface area contributed by atoms with E-state index in [2.05, 4.69) is 0 Å². The Kier molecular flexibility index (Phi) is 8.23. The number of aliphatic hydroxyl groups excluding tert-OH is 1. The van der Waals surface area contributed by atoms with E-state index in [1.54, 1.807) is 13.8 Å². The Morgan fingerprint density at radius 2 is 1.88 bits per heavy atom. The summed E-state index contributed by atoms with van der Waals surface area (Å²) in [5.41, 5.74) is -1.15. The summed E-state index contributed by atoms with van der Waals surface area (Å²) in [5, 5.41) is 11.4. The summed E-state index contributed by atoms with van der Waals surface area (Å²) in [6.07, 6.45) is -5.46. The minimum atomic E-state index is -2.00. The van der Waals surface area contributed by atoms with Gasteiger partial charge in [-0.15, -0.1) is 0 Å². The highest BCUT2D eigenvalue weighted by Crippen LogP contribution is 2.42. The van der Waals surface area contributed by atoms with E-state index >= 15 is 0 Å². The van der Waals surface area contributed by atoms with Crippen LogP contribution in [0.3, 0.4) is 0 Å². The van der Waals surface area contributed by atoms with Crippen molar-refractivity contribution in [2.45, 2.75) is 62.5 Å². The minimum absolute atomic E-state index is 0.0446. The molecule has 0 saturated carbocycles. The fourth-order valence-electron chi connectivity index (χ4n) is 4.02. The van der Waals surface area contributed by atoms with Crippen molar-refractivity contribution >= 4 is 5.97 Å². The van der Waals surface area contributed by atoms with E-state index in [1.165, 1.54) is 21.3 Å². The van der Waals surface area contributed by atoms with Crippen molar-refractivity contribution in [3.05, 3.63) is 35.9 Å². The number of carbonyl (C=O) groups is 1. The van der Waals surface area contributed by atoms with Gasteiger partial charge in [0, 0.05) is 14.2 Å². The molecule has 3 rings (SSSR count). The van der Waals surface area contributed by atoms with Gasteiger partial charge < -0.3 is 43.0 Å². The van der Waals surface area contributed by atoms with Gasteiger partial charge >= 0.3 is 5.97 Å². The summed E-state index contributed by atoms with van der Waals surface area (Å²) < 4.78 is 44.9. The summed E-state index contributed by atoms with van der Waals surface area (Å²) in [6.45, 7) is 3.49. The standard InChI is InChI=1S/C22H32O10/c1-21(2)30-12-15(31-21)17(23)22(20(24)27-5)18(28-11-14-9-7-6-8-10-14)16(29-13-25-3)19(26-4)32-22/h6-10,15-19,23H,11-13H2,1-5H3/t15-,16-,17?,18-,19+,22-/m1/s1. The fraction of sp³-hybridized carbons (Fsp3) is 0.682. The molecular formula is C22H32O10. The van der Waals surface area contributed by atoms with Crippen molar-refractivity contribution in [2.75, 3.05) is 34.7 Å². The van der Waals surface area contributed by atoms with Crippen LogP contribution in [0.1, 0.15) is 19.4 Å². The highest BCUT2D eigenvalue weighted by Gasteiger charge is 2.68. The number of methoxy groups -OCH3 is 3. The number of ether oxygens (including phenoxy) is 8. The van der Waals surface area contributed by atoms with E-state index in [0.717, 1.165) is 5.56 Å². The first-order valence-corrected chi connectivity index (χ1v) is 10.3. The zero-order valence-corrected chi connectivity index (χ0v) is 19.0. The van der Waals surface area contributed by atoms with Crippen LogP contribution >= 0.6 is 0 Å². The van der Waals surface area contributed by atoms with Gasteiger partial charge in [0.15, 0.2) is 12.1 Å². The molecule has 180 valence electrons. The van der Waals surface area contributed by atoms with Crippen molar-refractivity contribution < 1.29 is 47.8 Å². The zero-order chi connectivity index (χ0) is 23.4. The van der Waals surface area contributed by atoms with Crippen LogP contribution in [0.2, 0.25) is 0 Å². The van der Waals surface area contributed by atoms with E-state index in [0.29, 0.717) is 0 Å². The summed E-state index contributed by atoms with van der Waals surface area (Å²) >= 11 is 0. The Labute approximate surface area is 187 Å². The number of carbonyl (C=O) groups excluding carboxylic acids is 1. The van der Waals surface area contributed by atoms with Gasteiger partial charge in [0.2, 0.25) is 5.60 Å². The molecule has 1 unspecified atom stereocenters. The first-order chi connectivity index (χ1) is 15.3. The van der Waals surface area contributed by atoms with E-state index in [9.17, 15) is 9.90 Å². The molecule has 10 nitrogen and oxygen atoms in total. The number of hydrogen-bond donors (Lipinski definition) is 1. The molecule has 1 aromatic carbocycles. The molecule has 2 heterocycles. The lowest BCUT2D eigenvalue weighted by Crippen LogP contribution is -2.63. The molecule has 32 heavy (non-hydrogen) atoms. The molecule has 6 atom stereocenters. The van der Waals surface area contributed by atoms with Gasteiger partial charge in [-0.1, -0.05) is 30.3 Å². The molecule has 0 aromatic heterocycles. The van der Waals surface area contributed by atoms with Crippen LogP contribution in [0.15, 0.2) is 30.3 Å². The average molecular weight is 456 g/mol. The van der Waals surface area contributed by atoms with Crippen molar-refractivity contribution in [1.29, 1.82) is 0 Å². The monoisotopic (exact) mass is 456 g/mol. The molecule has 2 aliphatic rings. The Morgan fingerprint density at radius 3 is 2.44 bits per heavy atom. The quantitative estimate of drug-likeness (QED) is 0.404. The molecule has 1 aromatic rings. The van der Waals surface area contributed by atoms with Crippen LogP contribution in [-0.4, -0.2) is 87.9 Å². The summed E-state index contributed by atoms with van der Waals surface area (Å²) in [6, 6.07) is 9.38. The van der Waals surface area contributed by atoms with E-state index in [4.69, 9.17) is 37.9 Å². The average Bonchev–Trinajstić information content (AvgIpc) is 3.33. The minimum Gasteiger partial charge on any atom is -0.467 e. The highest BCUT2D eigenvalue weighted by atomic mass is 16.8. The third kappa shape index (κ3) is 4.97. The third-order valence-electron chi connectivity index (χ3n) is 5.51. The van der Waals surface area contributed by atoms with E-state index in [-0.39, 0.29) is 20.0 Å². The Hall–Kier alpha value is -1.63. The lowest BCUT2D eigenvalue weighted by molar-refractivity contribution is -0.243. The predicted octanol–water partition coefficient (Wildman–Crippen LogP) is 0.988. The van der Waals surface area contributed by atoms with Crippen LogP contribution in [-0.2, 0) is 49.3 Å². The molecule has 1 N–H and O–H groups in total. The molecule has 0 amide bonds. The first kappa shape index (κ1) is 25.0. The van der Waals surface area contributed by atoms with Gasteiger partial charge in [-0.25, -0.2) is 4.79 Å². The molecule has 0 bridgehead atoms. The Balaban J connectivity index is 1.98. The SMILES string of the molecule is COCO[C@H]1[C@@H](OC)O[C@](C(=O)OC)(C(O)[C@H]2COC(C)(C)O2)[C@@H]1OCc1ccccc1. The number of hydrogen-bond acceptors (Lipinski definition) is 10. The van der Waals surface area contributed by atoms with Gasteiger partial charge in [-0.3, -0.25) is 0 Å². The topological polar surface area (TPSA) is 111 Å². The number of rotatable bonds is 10. The second-order valence-corrected chi connectivity index (χ2v) is 8.07. The highest BCUT2D eigenvalue weighted by molar-refractivity contribution is 5.82. The maximum absolute atomic E-state index is 13.2. The lowest BCUT2D eigenvalue weighted by Gasteiger charge is -2.38. The molecule has 2 aliphatic heterocycles. The van der Waals surface area contributed by atoms with E-state index < -0.39 is 48.1 Å². The molecule has 0 radical (unpaired) electrons. The molecular weight excluding hydrogens is 424 g/mol. The van der Waals surface area contributed by atoms with Gasteiger partial charge in [-0.2, -0.15) is 0 Å². The zero-order valence-electron chi connectivity index (χ0n) is 19.0. The molecule has 2 fully saturated rings. The fourth-order valence-corrected chi connectivity index (χ4v) is 4.02. The van der Waals surface area contributed by atoms with Gasteiger partial charge in [0.05, 0.1) is 20.3 Å². The van der Waals surface area contributed by atoms with Crippen molar-refractivity contribution in [3.8, 4) is 0 Å². The summed E-state index contributed by atoms with van der Waals surface area (Å²) in [4.78, 5) is 13.2. The summed E-state index contributed by atoms with van der Waals surface area (Å²) in [5.74, 6) is -1.78. The first-order valence-electron chi connectivity index (χ1n) is 10.3. The van der Waals surface area contributed by atoms with Crippen LogP contribution in [0.5, 0.6) is 0 Å². The largest absolute Gasteiger partial charge is 0.467 e. The Bertz CT molecular complexity index is 741. The molecule has 0 spiro atoms. The lowest BCUT2D eigenvalue weighted by atomic mass is 9.86. The van der Waals surface area contributed by atoms with E-state index in [1.807, 2.05) is 30.3 Å². The van der Waals surface area contributed by atoms with Crippen LogP contribution in [0, 0.1) is 0 Å². The van der Waals surface area contributed by atoms with Crippen LogP contribution < -0.4 is 0 Å². The number of aliphatic hydroxyl groups is 1. The van der Waals surface area contributed by atoms with Gasteiger partial charge in [0.1, 0.15) is 31.2 Å². The number of benzene rings is 1. The number of esters is 1. The van der Waals surface area contributed by atoms with Crippen molar-refractivity contribution in [1.82, 2.24) is 0 Å². The maximum atomic E-state index is 13.2. The van der Waals surface area contributed by atoms with Crippen LogP contribution in [0.25, 0.3) is 0 Å². The molecule has 0 aliphatic carbocycles. The smallest absolute Gasteiger partial charge is 0.344 e. The Morgan fingerprint density at radius 1 is 1.16 bits per heavy atom. The van der Waals surface area contributed by atoms with Gasteiger partial charge in [0.25, 0.3) is 0 Å². The third-order valence-corrected chi connectivity index (χ3v) is 5.51. The molecule has 2 saturated heterocycles.